The summed E-state index contributed by atoms with van der Waals surface area (Å²) in [6.45, 7) is 3.49. The summed E-state index contributed by atoms with van der Waals surface area (Å²) in [5.74, 6) is -0.268. The molecule has 1 aromatic rings. The van der Waals surface area contributed by atoms with Crippen LogP contribution < -0.4 is 16.0 Å². The lowest BCUT2D eigenvalue weighted by molar-refractivity contribution is -0.120. The van der Waals surface area contributed by atoms with Crippen LogP contribution in [0, 0.1) is 5.82 Å². The number of para-hydroxylation sites is 1. The number of nitrogens with zero attached hydrogens (tertiary/aromatic N) is 1. The zero-order valence-electron chi connectivity index (χ0n) is 10.4. The van der Waals surface area contributed by atoms with Gasteiger partial charge in [0.1, 0.15) is 5.82 Å². The molecule has 0 aromatic heterocycles. The number of hydrogen-bond acceptors (Lipinski definition) is 3. The SMILES string of the molecule is CC(N)c1cccc(F)c1N1CCNC(=O)CC1. The second-order valence-corrected chi connectivity index (χ2v) is 4.55. The summed E-state index contributed by atoms with van der Waals surface area (Å²) in [4.78, 5) is 13.2. The zero-order valence-corrected chi connectivity index (χ0v) is 10.4. The van der Waals surface area contributed by atoms with E-state index in [1.165, 1.54) is 6.07 Å². The fraction of sp³-hybridized carbons (Fsp3) is 0.462. The number of carbonyl (C=O) groups excluding carboxylic acids is 1. The molecule has 0 spiro atoms. The van der Waals surface area contributed by atoms with Crippen molar-refractivity contribution in [1.29, 1.82) is 0 Å². The van der Waals surface area contributed by atoms with Crippen molar-refractivity contribution in [2.24, 2.45) is 5.73 Å². The third-order valence-electron chi connectivity index (χ3n) is 3.14. The molecule has 1 aromatic carbocycles. The smallest absolute Gasteiger partial charge is 0.221 e. The Balaban J connectivity index is 2.34. The van der Waals surface area contributed by atoms with Gasteiger partial charge in [0.25, 0.3) is 0 Å². The van der Waals surface area contributed by atoms with Crippen molar-refractivity contribution in [3.63, 3.8) is 0 Å². The topological polar surface area (TPSA) is 58.4 Å². The lowest BCUT2D eigenvalue weighted by Crippen LogP contribution is -2.30. The summed E-state index contributed by atoms with van der Waals surface area (Å²) in [6, 6.07) is 4.70. The van der Waals surface area contributed by atoms with Crippen LogP contribution in [-0.2, 0) is 4.79 Å². The van der Waals surface area contributed by atoms with Crippen LogP contribution in [0.15, 0.2) is 18.2 Å². The van der Waals surface area contributed by atoms with E-state index in [-0.39, 0.29) is 17.8 Å². The number of nitrogens with two attached hydrogens (primary N) is 1. The van der Waals surface area contributed by atoms with Crippen LogP contribution in [0.4, 0.5) is 10.1 Å². The number of anilines is 1. The highest BCUT2D eigenvalue weighted by atomic mass is 19.1. The molecule has 1 amide bonds. The number of halogens is 1. The first-order valence-corrected chi connectivity index (χ1v) is 6.15. The molecule has 2 rings (SSSR count). The molecule has 3 N–H and O–H groups in total. The minimum Gasteiger partial charge on any atom is -0.367 e. The zero-order chi connectivity index (χ0) is 13.1. The van der Waals surface area contributed by atoms with E-state index >= 15 is 0 Å². The maximum atomic E-state index is 14.0. The third-order valence-corrected chi connectivity index (χ3v) is 3.14. The van der Waals surface area contributed by atoms with Crippen molar-refractivity contribution >= 4 is 11.6 Å². The number of nitrogens with one attached hydrogen (secondary N) is 1. The van der Waals surface area contributed by atoms with Crippen molar-refractivity contribution < 1.29 is 9.18 Å². The average molecular weight is 251 g/mol. The summed E-state index contributed by atoms with van der Waals surface area (Å²) in [7, 11) is 0. The van der Waals surface area contributed by atoms with Gasteiger partial charge in [-0.05, 0) is 18.6 Å². The summed E-state index contributed by atoms with van der Waals surface area (Å²) in [5.41, 5.74) is 7.19. The average Bonchev–Trinajstić information content (AvgIpc) is 2.53. The molecule has 18 heavy (non-hydrogen) atoms. The molecule has 0 radical (unpaired) electrons. The second kappa shape index (κ2) is 5.35. The summed E-state index contributed by atoms with van der Waals surface area (Å²) in [6.07, 6.45) is 0.382. The van der Waals surface area contributed by atoms with Gasteiger partial charge < -0.3 is 16.0 Å². The highest BCUT2D eigenvalue weighted by Gasteiger charge is 2.20. The Morgan fingerprint density at radius 1 is 1.44 bits per heavy atom. The van der Waals surface area contributed by atoms with E-state index < -0.39 is 0 Å². The minimum atomic E-state index is -0.279. The van der Waals surface area contributed by atoms with Gasteiger partial charge in [0, 0.05) is 32.1 Å². The van der Waals surface area contributed by atoms with Crippen LogP contribution in [0.5, 0.6) is 0 Å². The normalized spacial score (nSPS) is 18.2. The van der Waals surface area contributed by atoms with E-state index in [0.717, 1.165) is 5.56 Å². The molecule has 5 heteroatoms. The Bertz CT molecular complexity index is 448. The first kappa shape index (κ1) is 12.8. The van der Waals surface area contributed by atoms with Crippen molar-refractivity contribution in [2.75, 3.05) is 24.5 Å². The maximum Gasteiger partial charge on any atom is 0.221 e. The van der Waals surface area contributed by atoms with Crippen LogP contribution in [0.25, 0.3) is 0 Å². The number of hydrogen-bond donors (Lipinski definition) is 2. The summed E-state index contributed by atoms with van der Waals surface area (Å²) in [5, 5.41) is 2.78. The highest BCUT2D eigenvalue weighted by molar-refractivity contribution is 5.77. The molecule has 1 atom stereocenters. The molecule has 1 unspecified atom stereocenters. The van der Waals surface area contributed by atoms with Crippen molar-refractivity contribution in [3.8, 4) is 0 Å². The Labute approximate surface area is 106 Å². The molecule has 0 aliphatic carbocycles. The van der Waals surface area contributed by atoms with Crippen molar-refractivity contribution in [2.45, 2.75) is 19.4 Å². The molecular formula is C13H18FN3O. The fourth-order valence-electron chi connectivity index (χ4n) is 2.22. The Kier molecular flexibility index (Phi) is 3.81. The number of rotatable bonds is 2. The van der Waals surface area contributed by atoms with E-state index in [9.17, 15) is 9.18 Å². The van der Waals surface area contributed by atoms with Crippen molar-refractivity contribution in [3.05, 3.63) is 29.6 Å². The predicted octanol–water partition coefficient (Wildman–Crippen LogP) is 1.17. The molecule has 1 saturated heterocycles. The quantitative estimate of drug-likeness (QED) is 0.829. The van der Waals surface area contributed by atoms with Gasteiger partial charge in [0.05, 0.1) is 5.69 Å². The van der Waals surface area contributed by atoms with E-state index in [4.69, 9.17) is 5.73 Å². The van der Waals surface area contributed by atoms with Gasteiger partial charge in [-0.15, -0.1) is 0 Å². The molecule has 0 bridgehead atoms. The van der Waals surface area contributed by atoms with E-state index in [2.05, 4.69) is 5.32 Å². The molecule has 4 nitrogen and oxygen atoms in total. The number of benzene rings is 1. The summed E-state index contributed by atoms with van der Waals surface area (Å²) >= 11 is 0. The standard InChI is InChI=1S/C13H18FN3O/c1-9(15)10-3-2-4-11(14)13(10)17-7-5-12(18)16-6-8-17/h2-4,9H,5-8,15H2,1H3,(H,16,18). The Hall–Kier alpha value is -1.62. The highest BCUT2D eigenvalue weighted by Crippen LogP contribution is 2.28. The van der Waals surface area contributed by atoms with Crippen LogP contribution in [-0.4, -0.2) is 25.5 Å². The third kappa shape index (κ3) is 2.61. The van der Waals surface area contributed by atoms with E-state index in [0.29, 0.717) is 31.7 Å². The maximum absolute atomic E-state index is 14.0. The molecule has 0 saturated carbocycles. The summed E-state index contributed by atoms with van der Waals surface area (Å²) < 4.78 is 14.0. The van der Waals surface area contributed by atoms with Gasteiger partial charge in [0.15, 0.2) is 0 Å². The van der Waals surface area contributed by atoms with Gasteiger partial charge in [-0.2, -0.15) is 0 Å². The molecule has 1 heterocycles. The van der Waals surface area contributed by atoms with Crippen LogP contribution in [0.1, 0.15) is 24.9 Å². The van der Waals surface area contributed by atoms with Gasteiger partial charge in [-0.25, -0.2) is 4.39 Å². The largest absolute Gasteiger partial charge is 0.367 e. The first-order valence-electron chi connectivity index (χ1n) is 6.15. The first-order chi connectivity index (χ1) is 8.59. The molecule has 98 valence electrons. The molecule has 1 fully saturated rings. The fourth-order valence-corrected chi connectivity index (χ4v) is 2.22. The molecular weight excluding hydrogens is 233 g/mol. The second-order valence-electron chi connectivity index (χ2n) is 4.55. The number of amides is 1. The minimum absolute atomic E-state index is 0.0104. The van der Waals surface area contributed by atoms with Gasteiger partial charge in [-0.1, -0.05) is 12.1 Å². The van der Waals surface area contributed by atoms with Crippen molar-refractivity contribution in [1.82, 2.24) is 5.32 Å². The van der Waals surface area contributed by atoms with Gasteiger partial charge >= 0.3 is 0 Å². The van der Waals surface area contributed by atoms with Crippen LogP contribution in [0.3, 0.4) is 0 Å². The van der Waals surface area contributed by atoms with Crippen LogP contribution in [0.2, 0.25) is 0 Å². The monoisotopic (exact) mass is 251 g/mol. The molecule has 1 aliphatic heterocycles. The predicted molar refractivity (Wildman–Crippen MR) is 68.8 cm³/mol. The van der Waals surface area contributed by atoms with Crippen LogP contribution >= 0.6 is 0 Å². The van der Waals surface area contributed by atoms with E-state index in [1.807, 2.05) is 17.9 Å². The lowest BCUT2D eigenvalue weighted by Gasteiger charge is -2.26. The molecule has 1 aliphatic rings. The number of carbonyl (C=O) groups is 1. The van der Waals surface area contributed by atoms with E-state index in [1.54, 1.807) is 6.07 Å². The lowest BCUT2D eigenvalue weighted by atomic mass is 10.1. The van der Waals surface area contributed by atoms with Gasteiger partial charge in [0.2, 0.25) is 5.91 Å². The van der Waals surface area contributed by atoms with Gasteiger partial charge in [-0.3, -0.25) is 4.79 Å². The Morgan fingerprint density at radius 2 is 2.22 bits per heavy atom. The Morgan fingerprint density at radius 3 is 2.94 bits per heavy atom.